The van der Waals surface area contributed by atoms with Gasteiger partial charge in [0.05, 0.1) is 12.1 Å². The lowest BCUT2D eigenvalue weighted by atomic mass is 10.1. The van der Waals surface area contributed by atoms with Gasteiger partial charge in [-0.15, -0.1) is 0 Å². The van der Waals surface area contributed by atoms with Crippen molar-refractivity contribution in [2.75, 3.05) is 0 Å². The monoisotopic (exact) mass is 304 g/mol. The van der Waals surface area contributed by atoms with Crippen LogP contribution in [0.25, 0.3) is 6.08 Å². The van der Waals surface area contributed by atoms with Crippen LogP contribution in [0.2, 0.25) is 0 Å². The first-order valence-corrected chi connectivity index (χ1v) is 7.51. The lowest BCUT2D eigenvalue weighted by molar-refractivity contribution is -0.120. The third-order valence-electron chi connectivity index (χ3n) is 3.10. The van der Waals surface area contributed by atoms with E-state index in [1.165, 1.54) is 0 Å². The van der Waals surface area contributed by atoms with Crippen molar-refractivity contribution in [2.24, 2.45) is 5.10 Å². The molecule has 0 heterocycles. The molecule has 0 aromatic heterocycles. The molecular weight excluding hydrogens is 284 g/mol. The Balaban J connectivity index is 1.79. The fraction of sp³-hybridized carbons (Fsp3) is 0.100. The van der Waals surface area contributed by atoms with E-state index in [1.54, 1.807) is 0 Å². The number of hydrazone groups is 1. The smallest absolute Gasteiger partial charge is 0.244 e. The number of carbonyl (C=O) groups excluding carboxylic acids is 1. The van der Waals surface area contributed by atoms with Crippen molar-refractivity contribution in [1.82, 2.24) is 5.43 Å². The van der Waals surface area contributed by atoms with Gasteiger partial charge >= 0.3 is 0 Å². The first-order chi connectivity index (χ1) is 11.2. The number of hydrogen-bond donors (Lipinski definition) is 1. The summed E-state index contributed by atoms with van der Waals surface area (Å²) in [5.74, 6) is -0.122. The molecule has 0 atom stereocenters. The molecule has 2 aromatic rings. The van der Waals surface area contributed by atoms with Crippen molar-refractivity contribution in [2.45, 2.75) is 13.3 Å². The van der Waals surface area contributed by atoms with Gasteiger partial charge < -0.3 is 0 Å². The number of benzene rings is 2. The average Bonchev–Trinajstić information content (AvgIpc) is 2.59. The lowest BCUT2D eigenvalue weighted by Crippen LogP contribution is -2.20. The van der Waals surface area contributed by atoms with Crippen LogP contribution in [-0.4, -0.2) is 11.6 Å². The number of rotatable bonds is 6. The van der Waals surface area contributed by atoms with E-state index in [1.807, 2.05) is 91.9 Å². The molecule has 0 saturated carbocycles. The molecule has 1 N–H and O–H groups in total. The predicted molar refractivity (Wildman–Crippen MR) is 96.0 cm³/mol. The van der Waals surface area contributed by atoms with Crippen LogP contribution in [0.3, 0.4) is 0 Å². The summed E-state index contributed by atoms with van der Waals surface area (Å²) >= 11 is 0. The number of hydrogen-bond acceptors (Lipinski definition) is 2. The van der Waals surface area contributed by atoms with Gasteiger partial charge in [-0.1, -0.05) is 78.9 Å². The molecule has 0 unspecified atom stereocenters. The third kappa shape index (κ3) is 6.57. The van der Waals surface area contributed by atoms with E-state index in [9.17, 15) is 4.79 Å². The Labute approximate surface area is 137 Å². The molecule has 3 nitrogen and oxygen atoms in total. The Morgan fingerprint density at radius 1 is 1.00 bits per heavy atom. The molecule has 0 fully saturated rings. The Bertz CT molecular complexity index is 701. The maximum Gasteiger partial charge on any atom is 0.244 e. The molecular formula is C20H20N2O. The molecule has 0 saturated heterocycles. The maximum absolute atomic E-state index is 11.8. The SMILES string of the molecule is CC(C=CC=Cc1ccccc1)=NNC(=O)Cc1ccccc1. The van der Waals surface area contributed by atoms with Crippen LogP contribution in [0.1, 0.15) is 18.1 Å². The van der Waals surface area contributed by atoms with Gasteiger partial charge in [0.1, 0.15) is 0 Å². The van der Waals surface area contributed by atoms with Crippen molar-refractivity contribution in [3.8, 4) is 0 Å². The molecule has 1 amide bonds. The van der Waals surface area contributed by atoms with Crippen LogP contribution in [0.5, 0.6) is 0 Å². The zero-order chi connectivity index (χ0) is 16.3. The minimum atomic E-state index is -0.122. The topological polar surface area (TPSA) is 41.5 Å². The highest BCUT2D eigenvalue weighted by atomic mass is 16.2. The van der Waals surface area contributed by atoms with Gasteiger partial charge in [-0.25, -0.2) is 5.43 Å². The predicted octanol–water partition coefficient (Wildman–Crippen LogP) is 3.99. The summed E-state index contributed by atoms with van der Waals surface area (Å²) in [5.41, 5.74) is 5.42. The number of nitrogens with one attached hydrogen (secondary N) is 1. The largest absolute Gasteiger partial charge is 0.273 e. The van der Waals surface area contributed by atoms with E-state index in [0.717, 1.165) is 16.8 Å². The van der Waals surface area contributed by atoms with Crippen LogP contribution in [-0.2, 0) is 11.2 Å². The lowest BCUT2D eigenvalue weighted by Gasteiger charge is -2.00. The molecule has 2 rings (SSSR count). The van der Waals surface area contributed by atoms with Crippen molar-refractivity contribution in [1.29, 1.82) is 0 Å². The molecule has 0 bridgehead atoms. The molecule has 116 valence electrons. The zero-order valence-electron chi connectivity index (χ0n) is 13.1. The quantitative estimate of drug-likeness (QED) is 0.489. The van der Waals surface area contributed by atoms with E-state index in [4.69, 9.17) is 0 Å². The van der Waals surface area contributed by atoms with Crippen LogP contribution in [0, 0.1) is 0 Å². The minimum absolute atomic E-state index is 0.122. The second-order valence-corrected chi connectivity index (χ2v) is 5.08. The summed E-state index contributed by atoms with van der Waals surface area (Å²) in [6.07, 6.45) is 8.03. The standard InChI is InChI=1S/C20H20N2O/c1-17(10-8-9-13-18-11-4-2-5-12-18)21-22-20(23)16-19-14-6-3-7-15-19/h2-15H,16H2,1H3,(H,22,23). The van der Waals surface area contributed by atoms with Gasteiger partial charge in [0.15, 0.2) is 0 Å². The molecule has 3 heteroatoms. The molecule has 0 aliphatic rings. The van der Waals surface area contributed by atoms with Crippen molar-refractivity contribution in [3.05, 3.63) is 90.0 Å². The number of carbonyl (C=O) groups is 1. The van der Waals surface area contributed by atoms with Crippen molar-refractivity contribution in [3.63, 3.8) is 0 Å². The summed E-state index contributed by atoms with van der Waals surface area (Å²) in [6.45, 7) is 1.84. The van der Waals surface area contributed by atoms with Gasteiger partial charge in [0.25, 0.3) is 0 Å². The number of allylic oxidation sites excluding steroid dienone is 3. The Hall–Kier alpha value is -2.94. The summed E-state index contributed by atoms with van der Waals surface area (Å²) < 4.78 is 0. The highest BCUT2D eigenvalue weighted by Crippen LogP contribution is 2.01. The average molecular weight is 304 g/mol. The fourth-order valence-electron chi connectivity index (χ4n) is 1.93. The van der Waals surface area contributed by atoms with Gasteiger partial charge in [0, 0.05) is 0 Å². The normalized spacial score (nSPS) is 12.0. The fourth-order valence-corrected chi connectivity index (χ4v) is 1.93. The van der Waals surface area contributed by atoms with E-state index in [0.29, 0.717) is 6.42 Å². The highest BCUT2D eigenvalue weighted by molar-refractivity contribution is 5.94. The second kappa shape index (κ2) is 9.15. The van der Waals surface area contributed by atoms with Crippen LogP contribution >= 0.6 is 0 Å². The van der Waals surface area contributed by atoms with Crippen molar-refractivity contribution >= 4 is 17.7 Å². The van der Waals surface area contributed by atoms with E-state index in [2.05, 4.69) is 10.5 Å². The first kappa shape index (κ1) is 16.4. The van der Waals surface area contributed by atoms with Crippen LogP contribution in [0.15, 0.2) is 84.0 Å². The Morgan fingerprint density at radius 3 is 2.35 bits per heavy atom. The van der Waals surface area contributed by atoms with Crippen LogP contribution < -0.4 is 5.43 Å². The highest BCUT2D eigenvalue weighted by Gasteiger charge is 2.00. The molecule has 0 spiro atoms. The van der Waals surface area contributed by atoms with E-state index < -0.39 is 0 Å². The number of amides is 1. The third-order valence-corrected chi connectivity index (χ3v) is 3.10. The number of nitrogens with zero attached hydrogens (tertiary/aromatic N) is 1. The van der Waals surface area contributed by atoms with Crippen molar-refractivity contribution < 1.29 is 4.79 Å². The second-order valence-electron chi connectivity index (χ2n) is 5.08. The summed E-state index contributed by atoms with van der Waals surface area (Å²) in [5, 5.41) is 4.06. The van der Waals surface area contributed by atoms with Gasteiger partial charge in [-0.2, -0.15) is 5.10 Å². The maximum atomic E-state index is 11.8. The molecule has 23 heavy (non-hydrogen) atoms. The summed E-state index contributed by atoms with van der Waals surface area (Å²) in [7, 11) is 0. The summed E-state index contributed by atoms with van der Waals surface area (Å²) in [6, 6.07) is 19.7. The Morgan fingerprint density at radius 2 is 1.65 bits per heavy atom. The molecule has 0 radical (unpaired) electrons. The zero-order valence-corrected chi connectivity index (χ0v) is 13.1. The van der Waals surface area contributed by atoms with Gasteiger partial charge in [-0.05, 0) is 24.1 Å². The first-order valence-electron chi connectivity index (χ1n) is 7.51. The van der Waals surface area contributed by atoms with E-state index >= 15 is 0 Å². The molecule has 0 aliphatic heterocycles. The van der Waals surface area contributed by atoms with Gasteiger partial charge in [0.2, 0.25) is 5.91 Å². The van der Waals surface area contributed by atoms with Gasteiger partial charge in [-0.3, -0.25) is 4.79 Å². The molecule has 0 aliphatic carbocycles. The summed E-state index contributed by atoms with van der Waals surface area (Å²) in [4.78, 5) is 11.8. The molecule has 2 aromatic carbocycles. The van der Waals surface area contributed by atoms with E-state index in [-0.39, 0.29) is 5.91 Å². The Kier molecular flexibility index (Phi) is 6.54. The minimum Gasteiger partial charge on any atom is -0.273 e. The van der Waals surface area contributed by atoms with Crippen LogP contribution in [0.4, 0.5) is 0 Å².